The molecule has 0 aromatic heterocycles. The molecule has 294 valence electrons. The minimum atomic E-state index is -0.875. The number of urea groups is 1. The molecule has 5 amide bonds. The lowest BCUT2D eigenvalue weighted by Gasteiger charge is -2.45. The van der Waals surface area contributed by atoms with Crippen LogP contribution in [0.4, 0.5) is 4.79 Å². The summed E-state index contributed by atoms with van der Waals surface area (Å²) in [4.78, 5) is 69.0. The molecule has 1 aliphatic rings. The third-order valence-corrected chi connectivity index (χ3v) is 9.79. The number of amides is 5. The maximum Gasteiger partial charge on any atom is 0.315 e. The smallest absolute Gasteiger partial charge is 0.315 e. The number of Topliss-reactive ketones (excluding diaryl/α,β-unsaturated/α-hetero) is 1. The predicted octanol–water partition coefficient (Wildman–Crippen LogP) is 5.16. The number of nitrogens with zero attached hydrogens (tertiary/aromatic N) is 2. The van der Waals surface area contributed by atoms with Gasteiger partial charge in [-0.1, -0.05) is 94.1 Å². The van der Waals surface area contributed by atoms with Crippen LogP contribution in [0.25, 0.3) is 0 Å². The number of rotatable bonds is 21. The van der Waals surface area contributed by atoms with Crippen LogP contribution in [-0.2, 0) is 23.9 Å². The Morgan fingerprint density at radius 3 is 2.20 bits per heavy atom. The Labute approximate surface area is 309 Å². The number of ether oxygens (including phenoxy) is 1. The summed E-state index contributed by atoms with van der Waals surface area (Å²) < 4.78 is 5.84. The lowest BCUT2D eigenvalue weighted by atomic mass is 9.80. The lowest BCUT2D eigenvalue weighted by Crippen LogP contribution is -2.61. The first-order chi connectivity index (χ1) is 23.7. The summed E-state index contributed by atoms with van der Waals surface area (Å²) in [7, 11) is 3.44. The molecular weight excluding hydrogens is 648 g/mol. The van der Waals surface area contributed by atoms with Crippen LogP contribution in [0.5, 0.6) is 0 Å². The third-order valence-electron chi connectivity index (χ3n) is 9.79. The summed E-state index contributed by atoms with van der Waals surface area (Å²) in [6, 6.07) is -2.24. The molecule has 12 nitrogen and oxygen atoms in total. The molecule has 0 radical (unpaired) electrons. The van der Waals surface area contributed by atoms with Crippen molar-refractivity contribution < 1.29 is 28.7 Å². The standard InChI is InChI=1S/C39H72N6O6/c1-13-15-16-17-20-28(32(47)34(48)40-23-14-2)41-30(46)21-18-19-24-44(11)35(49)33(38(6,7)8)43-36(50)42-29(37(3,4)5)27-45-25-22-39(9,10)26-31(45)51-12/h14,28-29,31,33H,2,13,15-27H2,1,3-12H3,(H,40,48)(H,41,46)(H2,42,43,50). The van der Waals surface area contributed by atoms with Gasteiger partial charge < -0.3 is 30.9 Å². The molecule has 1 aliphatic heterocycles. The Bertz CT molecular complexity index is 1140. The number of ketones is 1. The largest absolute Gasteiger partial charge is 0.366 e. The molecule has 0 spiro atoms. The van der Waals surface area contributed by atoms with Crippen molar-refractivity contribution in [1.82, 2.24) is 31.1 Å². The van der Waals surface area contributed by atoms with Gasteiger partial charge in [0.05, 0.1) is 6.04 Å². The Morgan fingerprint density at radius 2 is 1.63 bits per heavy atom. The highest BCUT2D eigenvalue weighted by Crippen LogP contribution is 2.35. The number of piperidine rings is 1. The van der Waals surface area contributed by atoms with E-state index in [4.69, 9.17) is 4.74 Å². The van der Waals surface area contributed by atoms with Crippen molar-refractivity contribution >= 4 is 29.5 Å². The van der Waals surface area contributed by atoms with Gasteiger partial charge in [0, 0.05) is 52.8 Å². The predicted molar refractivity (Wildman–Crippen MR) is 204 cm³/mol. The molecule has 0 saturated carbocycles. The molecule has 4 atom stereocenters. The molecule has 51 heavy (non-hydrogen) atoms. The maximum absolute atomic E-state index is 13.7. The van der Waals surface area contributed by atoms with Crippen LogP contribution in [0.2, 0.25) is 0 Å². The Hall–Kier alpha value is -2.99. The maximum atomic E-state index is 13.7. The summed E-state index contributed by atoms with van der Waals surface area (Å²) in [6.45, 7) is 24.3. The zero-order valence-electron chi connectivity index (χ0n) is 33.8. The molecule has 0 aromatic rings. The first kappa shape index (κ1) is 46.0. The number of carbonyl (C=O) groups excluding carboxylic acids is 5. The molecule has 0 bridgehead atoms. The molecule has 4 N–H and O–H groups in total. The Kier molecular flexibility index (Phi) is 19.4. The van der Waals surface area contributed by atoms with Gasteiger partial charge in [0.15, 0.2) is 0 Å². The van der Waals surface area contributed by atoms with E-state index in [1.54, 1.807) is 19.1 Å². The van der Waals surface area contributed by atoms with Gasteiger partial charge in [-0.2, -0.15) is 0 Å². The van der Waals surface area contributed by atoms with Crippen LogP contribution in [-0.4, -0.2) is 104 Å². The average Bonchev–Trinajstić information content (AvgIpc) is 3.04. The topological polar surface area (TPSA) is 149 Å². The highest BCUT2D eigenvalue weighted by Gasteiger charge is 2.39. The van der Waals surface area contributed by atoms with Crippen LogP contribution < -0.4 is 21.3 Å². The SMILES string of the molecule is C=CCNC(=O)C(=O)C(CCCCCC)NC(=O)CCCCN(C)C(=O)C(NC(=O)NC(CN1CCC(C)(C)CC1OC)C(C)(C)C)C(C)(C)C. The molecule has 0 aliphatic carbocycles. The molecule has 1 saturated heterocycles. The van der Waals surface area contributed by atoms with Gasteiger partial charge in [0.1, 0.15) is 12.3 Å². The van der Waals surface area contributed by atoms with E-state index in [-0.39, 0.29) is 47.9 Å². The molecule has 1 fully saturated rings. The van der Waals surface area contributed by atoms with Crippen molar-refractivity contribution in [3.63, 3.8) is 0 Å². The van der Waals surface area contributed by atoms with Gasteiger partial charge in [0.25, 0.3) is 5.91 Å². The van der Waals surface area contributed by atoms with Crippen molar-refractivity contribution in [3.05, 3.63) is 12.7 Å². The number of unbranched alkanes of at least 4 members (excludes halogenated alkanes) is 4. The monoisotopic (exact) mass is 721 g/mol. The molecule has 4 unspecified atom stereocenters. The summed E-state index contributed by atoms with van der Waals surface area (Å²) in [5.74, 6) is -1.90. The molecule has 1 rings (SSSR count). The fourth-order valence-corrected chi connectivity index (χ4v) is 6.17. The number of likely N-dealkylation sites (tertiary alicyclic amines) is 1. The van der Waals surface area contributed by atoms with Crippen molar-refractivity contribution in [2.45, 2.75) is 151 Å². The first-order valence-electron chi connectivity index (χ1n) is 19.0. The van der Waals surface area contributed by atoms with Crippen LogP contribution in [0, 0.1) is 16.2 Å². The van der Waals surface area contributed by atoms with E-state index in [0.717, 1.165) is 45.1 Å². The molecule has 0 aromatic carbocycles. The van der Waals surface area contributed by atoms with Crippen molar-refractivity contribution in [3.8, 4) is 0 Å². The molecule has 12 heteroatoms. The van der Waals surface area contributed by atoms with Crippen molar-refractivity contribution in [2.24, 2.45) is 16.2 Å². The second kappa shape index (κ2) is 21.5. The third kappa shape index (κ3) is 16.9. The average molecular weight is 721 g/mol. The number of nitrogens with one attached hydrogen (secondary N) is 4. The van der Waals surface area contributed by atoms with Gasteiger partial charge in [-0.15, -0.1) is 6.58 Å². The van der Waals surface area contributed by atoms with Gasteiger partial charge >= 0.3 is 6.03 Å². The molecule has 1 heterocycles. The number of carbonyl (C=O) groups is 5. The summed E-state index contributed by atoms with van der Waals surface area (Å²) >= 11 is 0. The van der Waals surface area contributed by atoms with E-state index in [9.17, 15) is 24.0 Å². The number of methoxy groups -OCH3 is 1. The lowest BCUT2D eigenvalue weighted by molar-refractivity contribution is -0.140. The fourth-order valence-electron chi connectivity index (χ4n) is 6.17. The number of hydrogen-bond acceptors (Lipinski definition) is 7. The summed E-state index contributed by atoms with van der Waals surface area (Å²) in [5.41, 5.74) is -0.608. The zero-order valence-corrected chi connectivity index (χ0v) is 33.8. The summed E-state index contributed by atoms with van der Waals surface area (Å²) in [5, 5.41) is 11.4. The first-order valence-corrected chi connectivity index (χ1v) is 19.0. The van der Waals surface area contributed by atoms with E-state index in [1.165, 1.54) is 6.08 Å². The Morgan fingerprint density at radius 1 is 0.961 bits per heavy atom. The second-order valence-electron chi connectivity index (χ2n) is 17.2. The fraction of sp³-hybridized carbons (Fsp3) is 0.821. The van der Waals surface area contributed by atoms with E-state index in [0.29, 0.717) is 32.4 Å². The Balaban J connectivity index is 2.79. The number of likely N-dealkylation sites (N-methyl/N-ethyl adjacent to an activating group) is 1. The minimum Gasteiger partial charge on any atom is -0.366 e. The zero-order chi connectivity index (χ0) is 39.0. The van der Waals surface area contributed by atoms with Gasteiger partial charge in [0.2, 0.25) is 17.6 Å². The number of hydrogen-bond donors (Lipinski definition) is 4. The highest BCUT2D eigenvalue weighted by molar-refractivity contribution is 6.38. The van der Waals surface area contributed by atoms with Crippen molar-refractivity contribution in [2.75, 3.05) is 40.3 Å². The normalized spacial score (nSPS) is 18.1. The van der Waals surface area contributed by atoms with Crippen LogP contribution in [0.3, 0.4) is 0 Å². The summed E-state index contributed by atoms with van der Waals surface area (Å²) in [6.07, 6.45) is 8.72. The minimum absolute atomic E-state index is 0.0274. The molecular formula is C39H72N6O6. The van der Waals surface area contributed by atoms with Gasteiger partial charge in [-0.25, -0.2) is 4.79 Å². The van der Waals surface area contributed by atoms with Crippen LogP contribution in [0.15, 0.2) is 12.7 Å². The van der Waals surface area contributed by atoms with E-state index in [1.807, 2.05) is 20.8 Å². The van der Waals surface area contributed by atoms with Crippen LogP contribution >= 0.6 is 0 Å². The highest BCUT2D eigenvalue weighted by atomic mass is 16.5. The van der Waals surface area contributed by atoms with Crippen LogP contribution in [0.1, 0.15) is 127 Å². The second-order valence-corrected chi connectivity index (χ2v) is 17.2. The van der Waals surface area contributed by atoms with E-state index in [2.05, 4.69) is 74.3 Å². The van der Waals surface area contributed by atoms with Crippen molar-refractivity contribution in [1.29, 1.82) is 0 Å². The van der Waals surface area contributed by atoms with E-state index >= 15 is 0 Å². The quantitative estimate of drug-likeness (QED) is 0.0727. The van der Waals surface area contributed by atoms with Gasteiger partial charge in [-0.3, -0.25) is 24.1 Å². The van der Waals surface area contributed by atoms with Gasteiger partial charge in [-0.05, 0) is 48.3 Å². The van der Waals surface area contributed by atoms with E-state index < -0.39 is 35.2 Å².